The Morgan fingerprint density at radius 3 is 2.75 bits per heavy atom. The molecule has 2 aromatic carbocycles. The number of ether oxygens (including phenoxy) is 1. The number of para-hydroxylation sites is 1. The monoisotopic (exact) mass is 340 g/mol. The van der Waals surface area contributed by atoms with E-state index in [2.05, 4.69) is 5.32 Å². The summed E-state index contributed by atoms with van der Waals surface area (Å²) in [5, 5.41) is 12.0. The highest BCUT2D eigenvalue weighted by Gasteiger charge is 2.08. The van der Waals surface area contributed by atoms with E-state index < -0.39 is 18.5 Å². The maximum absolute atomic E-state index is 11.8. The van der Waals surface area contributed by atoms with Crippen molar-refractivity contribution in [3.05, 3.63) is 70.8 Å². The minimum absolute atomic E-state index is 0.332. The molecule has 0 saturated carbocycles. The molecule has 6 heteroatoms. The predicted molar refractivity (Wildman–Crippen MR) is 91.2 cm³/mol. The van der Waals surface area contributed by atoms with Gasteiger partial charge in [0, 0.05) is 11.1 Å². The van der Waals surface area contributed by atoms with Gasteiger partial charge < -0.3 is 10.1 Å². The maximum Gasteiger partial charge on any atom is 0.331 e. The van der Waals surface area contributed by atoms with Gasteiger partial charge in [-0.3, -0.25) is 4.79 Å². The average molecular weight is 341 g/mol. The number of nitrogens with zero attached hydrogens (tertiary/aromatic N) is 1. The van der Waals surface area contributed by atoms with Crippen LogP contribution in [-0.4, -0.2) is 18.5 Å². The lowest BCUT2D eigenvalue weighted by Crippen LogP contribution is -2.20. The van der Waals surface area contributed by atoms with Crippen LogP contribution in [0.5, 0.6) is 0 Å². The van der Waals surface area contributed by atoms with Crippen LogP contribution in [0, 0.1) is 11.3 Å². The first-order chi connectivity index (χ1) is 11.6. The molecule has 0 aliphatic heterocycles. The smallest absolute Gasteiger partial charge is 0.331 e. The van der Waals surface area contributed by atoms with E-state index in [1.165, 1.54) is 12.2 Å². The van der Waals surface area contributed by atoms with Crippen molar-refractivity contribution in [1.29, 1.82) is 5.26 Å². The summed E-state index contributed by atoms with van der Waals surface area (Å²) >= 11 is 5.84. The van der Waals surface area contributed by atoms with Gasteiger partial charge in [-0.1, -0.05) is 35.9 Å². The molecule has 2 rings (SSSR count). The molecule has 0 radical (unpaired) electrons. The summed E-state index contributed by atoms with van der Waals surface area (Å²) < 4.78 is 4.85. The second kappa shape index (κ2) is 8.51. The Labute approximate surface area is 144 Å². The summed E-state index contributed by atoms with van der Waals surface area (Å²) in [6.07, 6.45) is 2.75. The zero-order valence-electron chi connectivity index (χ0n) is 12.5. The topological polar surface area (TPSA) is 79.2 Å². The van der Waals surface area contributed by atoms with Gasteiger partial charge in [0.25, 0.3) is 5.91 Å². The number of hydrogen-bond donors (Lipinski definition) is 1. The molecule has 0 aromatic heterocycles. The van der Waals surface area contributed by atoms with Crippen molar-refractivity contribution >= 4 is 35.2 Å². The highest BCUT2D eigenvalue weighted by Crippen LogP contribution is 2.13. The summed E-state index contributed by atoms with van der Waals surface area (Å²) in [4.78, 5) is 23.4. The van der Waals surface area contributed by atoms with Gasteiger partial charge in [0.2, 0.25) is 0 Å². The molecule has 0 fully saturated rings. The van der Waals surface area contributed by atoms with E-state index in [4.69, 9.17) is 21.6 Å². The number of nitrogens with one attached hydrogen (secondary N) is 1. The van der Waals surface area contributed by atoms with Crippen LogP contribution < -0.4 is 5.32 Å². The van der Waals surface area contributed by atoms with Crippen molar-refractivity contribution in [3.63, 3.8) is 0 Å². The number of nitriles is 1. The fourth-order valence-corrected chi connectivity index (χ4v) is 2.03. The highest BCUT2D eigenvalue weighted by atomic mass is 35.5. The van der Waals surface area contributed by atoms with Crippen molar-refractivity contribution in [2.75, 3.05) is 11.9 Å². The molecule has 0 aliphatic carbocycles. The standard InChI is InChI=1S/C18H13ClN2O3/c19-15-6-3-4-13(10-15)8-9-18(23)24-12-17(22)21-16-7-2-1-5-14(16)11-20/h1-10H,12H2,(H,21,22)/b9-8+. The molecule has 0 heterocycles. The minimum Gasteiger partial charge on any atom is -0.452 e. The second-order valence-corrected chi connectivity index (χ2v) is 5.14. The van der Waals surface area contributed by atoms with E-state index in [1.54, 1.807) is 48.5 Å². The largest absolute Gasteiger partial charge is 0.452 e. The molecule has 0 atom stereocenters. The second-order valence-electron chi connectivity index (χ2n) is 4.70. The van der Waals surface area contributed by atoms with Gasteiger partial charge in [-0.05, 0) is 35.9 Å². The number of hydrogen-bond acceptors (Lipinski definition) is 4. The molecule has 1 amide bonds. The fraction of sp³-hybridized carbons (Fsp3) is 0.0556. The third-order valence-corrected chi connectivity index (χ3v) is 3.16. The molecule has 0 bridgehead atoms. The minimum atomic E-state index is -0.654. The molecule has 0 spiro atoms. The fourth-order valence-electron chi connectivity index (χ4n) is 1.84. The molecule has 0 aliphatic rings. The summed E-state index contributed by atoms with van der Waals surface area (Å²) in [5.41, 5.74) is 1.44. The van der Waals surface area contributed by atoms with Gasteiger partial charge in [-0.25, -0.2) is 4.79 Å². The summed E-state index contributed by atoms with van der Waals surface area (Å²) in [6.45, 7) is -0.446. The molecule has 0 saturated heterocycles. The van der Waals surface area contributed by atoms with E-state index in [0.717, 1.165) is 5.56 Å². The van der Waals surface area contributed by atoms with Crippen molar-refractivity contribution < 1.29 is 14.3 Å². The summed E-state index contributed by atoms with van der Waals surface area (Å²) in [5.74, 6) is -1.18. The number of carbonyl (C=O) groups excluding carboxylic acids is 2. The Kier molecular flexibility index (Phi) is 6.12. The van der Waals surface area contributed by atoms with Crippen molar-refractivity contribution in [1.82, 2.24) is 0 Å². The lowest BCUT2D eigenvalue weighted by molar-refractivity contribution is -0.142. The molecule has 0 unspecified atom stereocenters. The van der Waals surface area contributed by atoms with E-state index >= 15 is 0 Å². The third kappa shape index (κ3) is 5.27. The van der Waals surface area contributed by atoms with Crippen LogP contribution >= 0.6 is 11.6 Å². The van der Waals surface area contributed by atoms with Crippen molar-refractivity contribution in [2.45, 2.75) is 0 Å². The zero-order valence-corrected chi connectivity index (χ0v) is 13.3. The lowest BCUT2D eigenvalue weighted by Gasteiger charge is -2.06. The van der Waals surface area contributed by atoms with Gasteiger partial charge in [0.1, 0.15) is 6.07 Å². The van der Waals surface area contributed by atoms with E-state index in [0.29, 0.717) is 16.3 Å². The van der Waals surface area contributed by atoms with Crippen LogP contribution in [0.1, 0.15) is 11.1 Å². The number of esters is 1. The van der Waals surface area contributed by atoms with E-state index in [1.807, 2.05) is 6.07 Å². The van der Waals surface area contributed by atoms with Crippen LogP contribution in [0.3, 0.4) is 0 Å². The number of carbonyl (C=O) groups is 2. The van der Waals surface area contributed by atoms with Gasteiger partial charge in [0.05, 0.1) is 11.3 Å². The molecular weight excluding hydrogens is 328 g/mol. The number of rotatable bonds is 5. The number of benzene rings is 2. The Hall–Kier alpha value is -3.10. The number of anilines is 1. The van der Waals surface area contributed by atoms with Crippen molar-refractivity contribution in [3.8, 4) is 6.07 Å². The van der Waals surface area contributed by atoms with Crippen LogP contribution in [0.2, 0.25) is 5.02 Å². The molecule has 24 heavy (non-hydrogen) atoms. The van der Waals surface area contributed by atoms with Gasteiger partial charge >= 0.3 is 5.97 Å². The first kappa shape index (κ1) is 17.3. The Morgan fingerprint density at radius 2 is 2.00 bits per heavy atom. The predicted octanol–water partition coefficient (Wildman–Crippen LogP) is 3.41. The normalized spacial score (nSPS) is 10.2. The van der Waals surface area contributed by atoms with Gasteiger partial charge in [-0.2, -0.15) is 5.26 Å². The first-order valence-corrected chi connectivity index (χ1v) is 7.35. The molecule has 5 nitrogen and oxygen atoms in total. The lowest BCUT2D eigenvalue weighted by atomic mass is 10.2. The SMILES string of the molecule is N#Cc1ccccc1NC(=O)COC(=O)/C=C/c1cccc(Cl)c1. The zero-order chi connectivity index (χ0) is 17.4. The van der Waals surface area contributed by atoms with E-state index in [-0.39, 0.29) is 0 Å². The molecule has 1 N–H and O–H groups in total. The van der Waals surface area contributed by atoms with Gasteiger partial charge in [-0.15, -0.1) is 0 Å². The van der Waals surface area contributed by atoms with Crippen molar-refractivity contribution in [2.24, 2.45) is 0 Å². The molecular formula is C18H13ClN2O3. The van der Waals surface area contributed by atoms with E-state index in [9.17, 15) is 9.59 Å². The Morgan fingerprint density at radius 1 is 1.21 bits per heavy atom. The number of halogens is 1. The van der Waals surface area contributed by atoms with Gasteiger partial charge in [0.15, 0.2) is 6.61 Å². The average Bonchev–Trinajstić information content (AvgIpc) is 2.58. The highest BCUT2D eigenvalue weighted by molar-refractivity contribution is 6.30. The number of amides is 1. The Balaban J connectivity index is 1.85. The maximum atomic E-state index is 11.8. The first-order valence-electron chi connectivity index (χ1n) is 6.98. The van der Waals surface area contributed by atoms with Crippen LogP contribution in [0.15, 0.2) is 54.6 Å². The van der Waals surface area contributed by atoms with Crippen LogP contribution in [-0.2, 0) is 14.3 Å². The third-order valence-electron chi connectivity index (χ3n) is 2.93. The summed E-state index contributed by atoms with van der Waals surface area (Å²) in [6, 6.07) is 15.5. The molecule has 120 valence electrons. The van der Waals surface area contributed by atoms with Crippen LogP contribution in [0.4, 0.5) is 5.69 Å². The molecule has 2 aromatic rings. The quantitative estimate of drug-likeness (QED) is 0.668. The van der Waals surface area contributed by atoms with Crippen LogP contribution in [0.25, 0.3) is 6.08 Å². The Bertz CT molecular complexity index is 825. The summed E-state index contributed by atoms with van der Waals surface area (Å²) in [7, 11) is 0.